The van der Waals surface area contributed by atoms with Crippen LogP contribution in [-0.2, 0) is 0 Å². The minimum Gasteiger partial charge on any atom is -0.355 e. The number of thiophene rings is 1. The van der Waals surface area contributed by atoms with E-state index < -0.39 is 0 Å². The molecule has 3 heteroatoms. The molecule has 0 atom stereocenters. The minimum absolute atomic E-state index is 0.130. The molecule has 2 rings (SSSR count). The fourth-order valence-corrected chi connectivity index (χ4v) is 1.62. The highest BCUT2D eigenvalue weighted by Gasteiger charge is 2.01. The molecule has 14 heavy (non-hydrogen) atoms. The zero-order chi connectivity index (χ0) is 9.80. The van der Waals surface area contributed by atoms with Gasteiger partial charge in [-0.2, -0.15) is 0 Å². The molecular weight excluding hydrogens is 194 g/mol. The van der Waals surface area contributed by atoms with E-state index in [9.17, 15) is 4.79 Å². The molecule has 68 valence electrons. The summed E-state index contributed by atoms with van der Waals surface area (Å²) in [6.07, 6.45) is 1.78. The second-order valence-electron chi connectivity index (χ2n) is 2.64. The maximum absolute atomic E-state index is 11.4. The van der Waals surface area contributed by atoms with Crippen LogP contribution in [0.15, 0.2) is 35.8 Å². The zero-order valence-corrected chi connectivity index (χ0v) is 8.10. The molecule has 2 aromatic rings. The van der Waals surface area contributed by atoms with Crippen LogP contribution in [-0.4, -0.2) is 10.8 Å². The Morgan fingerprint density at radius 3 is 2.93 bits per heavy atom. The number of rotatable bonds is 1. The second-order valence-corrected chi connectivity index (χ2v) is 3.59. The van der Waals surface area contributed by atoms with Crippen LogP contribution >= 0.6 is 11.3 Å². The molecule has 1 N–H and O–H groups in total. The molecule has 2 nitrogen and oxygen atoms in total. The molecule has 0 aliphatic carbocycles. The maximum atomic E-state index is 11.4. The number of hydrogen-bond acceptors (Lipinski definition) is 2. The summed E-state index contributed by atoms with van der Waals surface area (Å²) in [6, 6.07) is 7.29. The lowest BCUT2D eigenvalue weighted by Gasteiger charge is -1.82. The summed E-state index contributed by atoms with van der Waals surface area (Å²) < 4.78 is 0. The monoisotopic (exact) mass is 201 g/mol. The van der Waals surface area contributed by atoms with Gasteiger partial charge in [-0.15, -0.1) is 11.3 Å². The minimum atomic E-state index is -0.130. The van der Waals surface area contributed by atoms with E-state index in [2.05, 4.69) is 16.8 Å². The summed E-state index contributed by atoms with van der Waals surface area (Å²) in [5.74, 6) is 5.21. The van der Waals surface area contributed by atoms with Crippen molar-refractivity contribution in [2.75, 3.05) is 0 Å². The highest BCUT2D eigenvalue weighted by molar-refractivity contribution is 7.12. The van der Waals surface area contributed by atoms with Gasteiger partial charge in [-0.05, 0) is 35.4 Å². The van der Waals surface area contributed by atoms with Crippen molar-refractivity contribution in [3.05, 3.63) is 46.4 Å². The van der Waals surface area contributed by atoms with Crippen molar-refractivity contribution in [2.45, 2.75) is 0 Å². The Balaban J connectivity index is 2.16. The predicted octanol–water partition coefficient (Wildman–Crippen LogP) is 2.31. The summed E-state index contributed by atoms with van der Waals surface area (Å²) in [5.41, 5.74) is 0.759. The summed E-state index contributed by atoms with van der Waals surface area (Å²) in [4.78, 5) is 15.0. The van der Waals surface area contributed by atoms with E-state index >= 15 is 0 Å². The summed E-state index contributed by atoms with van der Waals surface area (Å²) in [6.45, 7) is 0. The summed E-state index contributed by atoms with van der Waals surface area (Å²) >= 11 is 1.41. The molecule has 2 heterocycles. The smallest absolute Gasteiger partial charge is 0.246 e. The van der Waals surface area contributed by atoms with Crippen LogP contribution in [0, 0.1) is 11.8 Å². The third kappa shape index (κ3) is 1.93. The first kappa shape index (κ1) is 8.79. The van der Waals surface area contributed by atoms with Gasteiger partial charge in [-0.3, -0.25) is 4.79 Å². The first-order valence-electron chi connectivity index (χ1n) is 4.09. The molecule has 0 spiro atoms. The van der Waals surface area contributed by atoms with Crippen molar-refractivity contribution in [3.8, 4) is 11.8 Å². The van der Waals surface area contributed by atoms with E-state index in [4.69, 9.17) is 0 Å². The Labute approximate surface area is 85.6 Å². The maximum Gasteiger partial charge on any atom is 0.246 e. The topological polar surface area (TPSA) is 32.9 Å². The van der Waals surface area contributed by atoms with Gasteiger partial charge in [0.15, 0.2) is 0 Å². The van der Waals surface area contributed by atoms with Gasteiger partial charge in [-0.1, -0.05) is 6.07 Å². The van der Waals surface area contributed by atoms with Crippen LogP contribution in [0.5, 0.6) is 0 Å². The molecule has 0 saturated carbocycles. The Kier molecular flexibility index (Phi) is 2.48. The number of H-pyrrole nitrogens is 1. The molecule has 0 aliphatic heterocycles. The fourth-order valence-electron chi connectivity index (χ4n) is 1.00. The van der Waals surface area contributed by atoms with Gasteiger partial charge in [0, 0.05) is 6.20 Å². The number of ketones is 1. The van der Waals surface area contributed by atoms with Gasteiger partial charge in [0.05, 0.1) is 10.6 Å². The molecule has 0 aliphatic rings. The van der Waals surface area contributed by atoms with E-state index in [-0.39, 0.29) is 5.78 Å². The van der Waals surface area contributed by atoms with Crippen molar-refractivity contribution in [2.24, 2.45) is 0 Å². The van der Waals surface area contributed by atoms with E-state index in [0.717, 1.165) is 5.69 Å². The van der Waals surface area contributed by atoms with E-state index in [1.165, 1.54) is 11.3 Å². The average Bonchev–Trinajstić information content (AvgIpc) is 2.87. The Morgan fingerprint density at radius 1 is 1.36 bits per heavy atom. The fraction of sp³-hybridized carbons (Fsp3) is 0. The van der Waals surface area contributed by atoms with Crippen molar-refractivity contribution in [3.63, 3.8) is 0 Å². The lowest BCUT2D eigenvalue weighted by atomic mass is 10.3. The quantitative estimate of drug-likeness (QED) is 0.557. The van der Waals surface area contributed by atoms with E-state index in [0.29, 0.717) is 4.88 Å². The van der Waals surface area contributed by atoms with Crippen LogP contribution in [0.4, 0.5) is 0 Å². The van der Waals surface area contributed by atoms with Crippen molar-refractivity contribution >= 4 is 17.1 Å². The molecule has 0 radical (unpaired) electrons. The molecular formula is C11H7NOS. The molecule has 0 bridgehead atoms. The van der Waals surface area contributed by atoms with Gasteiger partial charge in [0.2, 0.25) is 5.78 Å². The van der Waals surface area contributed by atoms with E-state index in [1.807, 2.05) is 23.6 Å². The summed E-state index contributed by atoms with van der Waals surface area (Å²) in [5, 5.41) is 1.86. The van der Waals surface area contributed by atoms with Crippen molar-refractivity contribution in [1.29, 1.82) is 0 Å². The van der Waals surface area contributed by atoms with Crippen LogP contribution in [0.1, 0.15) is 15.4 Å². The van der Waals surface area contributed by atoms with Gasteiger partial charge < -0.3 is 4.98 Å². The largest absolute Gasteiger partial charge is 0.355 e. The number of carbonyl (C=O) groups excluding carboxylic acids is 1. The highest BCUT2D eigenvalue weighted by atomic mass is 32.1. The van der Waals surface area contributed by atoms with Crippen LogP contribution < -0.4 is 0 Å². The standard InChI is InChI=1S/C11H7NOS/c13-10(11-4-2-8-14-11)6-5-9-3-1-7-12-9/h1-4,7-8,12H. The number of carbonyl (C=O) groups is 1. The zero-order valence-electron chi connectivity index (χ0n) is 7.28. The van der Waals surface area contributed by atoms with Crippen LogP contribution in [0.3, 0.4) is 0 Å². The summed E-state index contributed by atoms with van der Waals surface area (Å²) in [7, 11) is 0. The number of aromatic nitrogens is 1. The first-order chi connectivity index (χ1) is 6.86. The third-order valence-corrected chi connectivity index (χ3v) is 2.52. The Morgan fingerprint density at radius 2 is 2.29 bits per heavy atom. The van der Waals surface area contributed by atoms with Crippen molar-refractivity contribution < 1.29 is 4.79 Å². The van der Waals surface area contributed by atoms with Gasteiger partial charge in [0.1, 0.15) is 0 Å². The SMILES string of the molecule is O=C(C#Cc1ccc[nH]1)c1cccs1. The van der Waals surface area contributed by atoms with Crippen LogP contribution in [0.25, 0.3) is 0 Å². The molecule has 2 aromatic heterocycles. The Hall–Kier alpha value is -1.79. The van der Waals surface area contributed by atoms with E-state index in [1.54, 1.807) is 12.3 Å². The second kappa shape index (κ2) is 3.95. The van der Waals surface area contributed by atoms with Gasteiger partial charge >= 0.3 is 0 Å². The molecule has 0 amide bonds. The van der Waals surface area contributed by atoms with Gasteiger partial charge in [-0.25, -0.2) is 0 Å². The highest BCUT2D eigenvalue weighted by Crippen LogP contribution is 2.08. The number of Topliss-reactive ketones (excluding diaryl/α,β-unsaturated/α-hetero) is 1. The average molecular weight is 201 g/mol. The Bertz CT molecular complexity index is 471. The lowest BCUT2D eigenvalue weighted by Crippen LogP contribution is -1.89. The molecule has 0 aromatic carbocycles. The molecule has 0 saturated heterocycles. The third-order valence-electron chi connectivity index (χ3n) is 1.65. The van der Waals surface area contributed by atoms with Crippen LogP contribution in [0.2, 0.25) is 0 Å². The molecule has 0 fully saturated rings. The molecule has 0 unspecified atom stereocenters. The number of nitrogens with one attached hydrogen (secondary N) is 1. The normalized spacial score (nSPS) is 9.14. The first-order valence-corrected chi connectivity index (χ1v) is 4.97. The number of aromatic amines is 1. The van der Waals surface area contributed by atoms with Gasteiger partial charge in [0.25, 0.3) is 0 Å². The predicted molar refractivity (Wildman–Crippen MR) is 56.3 cm³/mol. The number of hydrogen-bond donors (Lipinski definition) is 1. The van der Waals surface area contributed by atoms with Crippen molar-refractivity contribution in [1.82, 2.24) is 4.98 Å². The lowest BCUT2D eigenvalue weighted by molar-refractivity contribution is 0.106.